The van der Waals surface area contributed by atoms with Gasteiger partial charge >= 0.3 is 0 Å². The van der Waals surface area contributed by atoms with Crippen molar-refractivity contribution in [3.63, 3.8) is 0 Å². The predicted octanol–water partition coefficient (Wildman–Crippen LogP) is 1.58. The summed E-state index contributed by atoms with van der Waals surface area (Å²) in [5.74, 6) is 1.48. The fourth-order valence-corrected chi connectivity index (χ4v) is 2.34. The molecule has 6 nitrogen and oxygen atoms in total. The molecular formula is C16H20N4O2. The summed E-state index contributed by atoms with van der Waals surface area (Å²) < 4.78 is 5.22. The van der Waals surface area contributed by atoms with Crippen LogP contribution in [0.1, 0.15) is 11.3 Å². The maximum absolute atomic E-state index is 9.51. The lowest BCUT2D eigenvalue weighted by Gasteiger charge is -2.40. The van der Waals surface area contributed by atoms with Crippen molar-refractivity contribution in [3.8, 4) is 11.4 Å². The number of pyridine rings is 1. The van der Waals surface area contributed by atoms with Crippen molar-refractivity contribution in [2.75, 3.05) is 31.7 Å². The third-order valence-corrected chi connectivity index (χ3v) is 4.11. The maximum atomic E-state index is 9.51. The zero-order chi connectivity index (χ0) is 15.6. The van der Waals surface area contributed by atoms with Gasteiger partial charge in [0.05, 0.1) is 25.2 Å². The van der Waals surface area contributed by atoms with Crippen LogP contribution >= 0.6 is 0 Å². The molecule has 0 atom stereocenters. The summed E-state index contributed by atoms with van der Waals surface area (Å²) in [6, 6.07) is 3.78. The zero-order valence-electron chi connectivity index (χ0n) is 12.8. The van der Waals surface area contributed by atoms with Gasteiger partial charge in [0.1, 0.15) is 5.82 Å². The Labute approximate surface area is 129 Å². The molecule has 3 heterocycles. The van der Waals surface area contributed by atoms with Gasteiger partial charge in [-0.2, -0.15) is 0 Å². The maximum Gasteiger partial charge on any atom is 0.161 e. The van der Waals surface area contributed by atoms with E-state index in [2.05, 4.69) is 20.3 Å². The van der Waals surface area contributed by atoms with Crippen LogP contribution in [-0.2, 0) is 4.74 Å². The fraction of sp³-hybridized carbons (Fsp3) is 0.438. The molecule has 0 radical (unpaired) electrons. The van der Waals surface area contributed by atoms with E-state index in [-0.39, 0.29) is 12.0 Å². The van der Waals surface area contributed by atoms with Crippen molar-refractivity contribution in [2.45, 2.75) is 13.8 Å². The molecule has 2 aromatic rings. The molecule has 1 saturated heterocycles. The standard InChI is InChI=1S/C16H20N4O2/c1-11-12(2)19-15(13-3-5-17-6-4-13)20-14(11)18-7-16(8-21)9-22-10-16/h3-6,21H,7-10H2,1-2H3,(H,18,19,20). The number of aliphatic hydroxyl groups is 1. The summed E-state index contributed by atoms with van der Waals surface area (Å²) in [5.41, 5.74) is 2.70. The molecule has 0 saturated carbocycles. The molecule has 1 aliphatic rings. The number of hydrogen-bond acceptors (Lipinski definition) is 6. The monoisotopic (exact) mass is 300 g/mol. The Balaban J connectivity index is 1.86. The van der Waals surface area contributed by atoms with Gasteiger partial charge < -0.3 is 15.2 Å². The summed E-state index contributed by atoms with van der Waals surface area (Å²) in [6.45, 7) is 5.88. The number of nitrogens with zero attached hydrogens (tertiary/aromatic N) is 3. The third-order valence-electron chi connectivity index (χ3n) is 4.11. The van der Waals surface area contributed by atoms with E-state index >= 15 is 0 Å². The van der Waals surface area contributed by atoms with E-state index in [1.54, 1.807) is 12.4 Å². The Morgan fingerprint density at radius 2 is 1.95 bits per heavy atom. The van der Waals surface area contributed by atoms with Crippen molar-refractivity contribution in [1.82, 2.24) is 15.0 Å². The van der Waals surface area contributed by atoms with Crippen LogP contribution in [-0.4, -0.2) is 46.4 Å². The first kappa shape index (κ1) is 14.9. The van der Waals surface area contributed by atoms with Crippen LogP contribution in [0.15, 0.2) is 24.5 Å². The van der Waals surface area contributed by atoms with Crippen LogP contribution in [0.4, 0.5) is 5.82 Å². The summed E-state index contributed by atoms with van der Waals surface area (Å²) in [5, 5.41) is 12.9. The van der Waals surface area contributed by atoms with Gasteiger partial charge in [0, 0.05) is 35.8 Å². The van der Waals surface area contributed by atoms with Crippen LogP contribution in [0, 0.1) is 19.3 Å². The van der Waals surface area contributed by atoms with Crippen molar-refractivity contribution >= 4 is 5.82 Å². The second-order valence-corrected chi connectivity index (χ2v) is 5.85. The van der Waals surface area contributed by atoms with Crippen LogP contribution in [0.2, 0.25) is 0 Å². The van der Waals surface area contributed by atoms with E-state index in [1.807, 2.05) is 26.0 Å². The molecule has 0 spiro atoms. The van der Waals surface area contributed by atoms with Gasteiger partial charge in [-0.1, -0.05) is 0 Å². The van der Waals surface area contributed by atoms with Gasteiger partial charge in [0.25, 0.3) is 0 Å². The van der Waals surface area contributed by atoms with Gasteiger partial charge in [-0.25, -0.2) is 9.97 Å². The Morgan fingerprint density at radius 3 is 2.55 bits per heavy atom. The Morgan fingerprint density at radius 1 is 1.23 bits per heavy atom. The van der Waals surface area contributed by atoms with Gasteiger partial charge in [0.15, 0.2) is 5.82 Å². The third kappa shape index (κ3) is 2.80. The minimum absolute atomic E-state index is 0.111. The summed E-state index contributed by atoms with van der Waals surface area (Å²) in [4.78, 5) is 13.2. The van der Waals surface area contributed by atoms with Crippen LogP contribution in [0.5, 0.6) is 0 Å². The largest absolute Gasteiger partial charge is 0.396 e. The molecule has 2 aromatic heterocycles. The number of nitrogens with one attached hydrogen (secondary N) is 1. The number of rotatable bonds is 5. The smallest absolute Gasteiger partial charge is 0.161 e. The molecule has 22 heavy (non-hydrogen) atoms. The molecule has 0 amide bonds. The number of aliphatic hydroxyl groups excluding tert-OH is 1. The summed E-state index contributed by atoms with van der Waals surface area (Å²) in [6.07, 6.45) is 3.46. The highest BCUT2D eigenvalue weighted by Crippen LogP contribution is 2.28. The highest BCUT2D eigenvalue weighted by atomic mass is 16.5. The number of hydrogen-bond donors (Lipinski definition) is 2. The molecule has 0 aliphatic carbocycles. The van der Waals surface area contributed by atoms with E-state index in [0.717, 1.165) is 22.6 Å². The molecule has 0 bridgehead atoms. The Kier molecular flexibility index (Phi) is 4.04. The highest BCUT2D eigenvalue weighted by Gasteiger charge is 2.38. The molecule has 0 unspecified atom stereocenters. The lowest BCUT2D eigenvalue weighted by atomic mass is 9.87. The minimum Gasteiger partial charge on any atom is -0.396 e. The fourth-order valence-electron chi connectivity index (χ4n) is 2.34. The van der Waals surface area contributed by atoms with E-state index in [4.69, 9.17) is 4.74 Å². The molecule has 3 rings (SSSR count). The van der Waals surface area contributed by atoms with Gasteiger partial charge in [0.2, 0.25) is 0 Å². The zero-order valence-corrected chi connectivity index (χ0v) is 12.8. The second kappa shape index (κ2) is 5.98. The molecule has 1 fully saturated rings. The number of ether oxygens (including phenoxy) is 1. The molecule has 1 aliphatic heterocycles. The van der Waals surface area contributed by atoms with Crippen LogP contribution in [0.3, 0.4) is 0 Å². The normalized spacial score (nSPS) is 16.1. The number of aromatic nitrogens is 3. The van der Waals surface area contributed by atoms with Crippen LogP contribution < -0.4 is 5.32 Å². The van der Waals surface area contributed by atoms with E-state index in [0.29, 0.717) is 25.6 Å². The van der Waals surface area contributed by atoms with Crippen LogP contribution in [0.25, 0.3) is 11.4 Å². The first-order chi connectivity index (χ1) is 10.6. The van der Waals surface area contributed by atoms with Gasteiger partial charge in [-0.05, 0) is 26.0 Å². The van der Waals surface area contributed by atoms with E-state index < -0.39 is 0 Å². The highest BCUT2D eigenvalue weighted by molar-refractivity contribution is 5.59. The Hall–Kier alpha value is -2.05. The summed E-state index contributed by atoms with van der Waals surface area (Å²) >= 11 is 0. The van der Waals surface area contributed by atoms with Crippen molar-refractivity contribution in [3.05, 3.63) is 35.8 Å². The molecule has 116 valence electrons. The number of anilines is 1. The topological polar surface area (TPSA) is 80.2 Å². The second-order valence-electron chi connectivity index (χ2n) is 5.85. The quantitative estimate of drug-likeness (QED) is 0.872. The first-order valence-corrected chi connectivity index (χ1v) is 7.32. The van der Waals surface area contributed by atoms with Gasteiger partial charge in [-0.15, -0.1) is 0 Å². The summed E-state index contributed by atoms with van der Waals surface area (Å²) in [7, 11) is 0. The SMILES string of the molecule is Cc1nc(-c2ccncc2)nc(NCC2(CO)COC2)c1C. The minimum atomic E-state index is -0.192. The Bertz CT molecular complexity index is 651. The lowest BCUT2D eigenvalue weighted by molar-refractivity contribution is -0.128. The predicted molar refractivity (Wildman–Crippen MR) is 83.6 cm³/mol. The van der Waals surface area contributed by atoms with Crippen molar-refractivity contribution in [2.24, 2.45) is 5.41 Å². The van der Waals surface area contributed by atoms with Crippen molar-refractivity contribution in [1.29, 1.82) is 0 Å². The molecule has 6 heteroatoms. The molecule has 0 aromatic carbocycles. The average molecular weight is 300 g/mol. The number of aryl methyl sites for hydroxylation is 1. The first-order valence-electron chi connectivity index (χ1n) is 7.32. The molecular weight excluding hydrogens is 280 g/mol. The van der Waals surface area contributed by atoms with Crippen molar-refractivity contribution < 1.29 is 9.84 Å². The van der Waals surface area contributed by atoms with E-state index in [1.165, 1.54) is 0 Å². The lowest BCUT2D eigenvalue weighted by Crippen LogP contribution is -2.50. The average Bonchev–Trinajstić information content (AvgIpc) is 2.51. The van der Waals surface area contributed by atoms with Gasteiger partial charge in [-0.3, -0.25) is 4.98 Å². The molecule has 2 N–H and O–H groups in total. The van der Waals surface area contributed by atoms with E-state index in [9.17, 15) is 5.11 Å².